The zero-order valence-electron chi connectivity index (χ0n) is 12.1. The lowest BCUT2D eigenvalue weighted by atomic mass is 9.85. The molecule has 5 N–H and O–H groups in total. The lowest BCUT2D eigenvalue weighted by Crippen LogP contribution is -2.26. The molecule has 0 amide bonds. The normalized spacial score (nSPS) is 15.2. The highest BCUT2D eigenvalue weighted by atomic mass is 32.1. The molecule has 0 bridgehead atoms. The molecule has 4 rings (SSSR count). The van der Waals surface area contributed by atoms with Crippen LogP contribution in [-0.2, 0) is 0 Å². The summed E-state index contributed by atoms with van der Waals surface area (Å²) in [6, 6.07) is 9.69. The van der Waals surface area contributed by atoms with Crippen LogP contribution in [0.1, 0.15) is 22.6 Å². The average molecular weight is 373 g/mol. The number of hydrogen-bond donors (Lipinski definition) is 5. The van der Waals surface area contributed by atoms with Crippen molar-refractivity contribution < 1.29 is 0 Å². The molecule has 9 heteroatoms. The first-order valence-electron chi connectivity index (χ1n) is 7.09. The number of rotatable bonds is 1. The van der Waals surface area contributed by atoms with Gasteiger partial charge in [0, 0.05) is 11.5 Å². The summed E-state index contributed by atoms with van der Waals surface area (Å²) in [5.74, 6) is 0.848. The third kappa shape index (κ3) is 2.37. The minimum absolute atomic E-state index is 0.251. The summed E-state index contributed by atoms with van der Waals surface area (Å²) in [7, 11) is 0. The van der Waals surface area contributed by atoms with Gasteiger partial charge in [-0.3, -0.25) is 9.78 Å². The van der Waals surface area contributed by atoms with Crippen molar-refractivity contribution in [1.82, 2.24) is 19.9 Å². The maximum Gasteiger partial charge on any atom is 0.257 e. The lowest BCUT2D eigenvalue weighted by Gasteiger charge is -2.28. The number of benzene rings is 1. The van der Waals surface area contributed by atoms with E-state index < -0.39 is 0 Å². The summed E-state index contributed by atoms with van der Waals surface area (Å²) < 4.78 is 1.15. The lowest BCUT2D eigenvalue weighted by molar-refractivity contribution is 0.868. The van der Waals surface area contributed by atoms with E-state index in [0.29, 0.717) is 26.6 Å². The highest BCUT2D eigenvalue weighted by Gasteiger charge is 2.32. The summed E-state index contributed by atoms with van der Waals surface area (Å²) >= 11 is 15.7. The van der Waals surface area contributed by atoms with Crippen molar-refractivity contribution in [1.29, 1.82) is 0 Å². The van der Waals surface area contributed by atoms with Gasteiger partial charge in [0.05, 0.1) is 5.56 Å². The second-order valence-electron chi connectivity index (χ2n) is 5.36. The molecule has 24 heavy (non-hydrogen) atoms. The van der Waals surface area contributed by atoms with E-state index in [2.05, 4.69) is 25.3 Å². The fourth-order valence-corrected chi connectivity index (χ4v) is 3.77. The SMILES string of the molecule is O=c1[nH]c(=S)[nH]c2c1C(c1ccccc1)c1c([nH]c(=S)[nH]c1=S)N2. The van der Waals surface area contributed by atoms with Crippen molar-refractivity contribution in [3.8, 4) is 0 Å². The molecule has 1 aliphatic heterocycles. The second-order valence-corrected chi connectivity index (χ2v) is 6.59. The fraction of sp³-hybridized carbons (Fsp3) is 0.0667. The van der Waals surface area contributed by atoms with Crippen molar-refractivity contribution >= 4 is 48.3 Å². The topological polar surface area (TPSA) is 92.3 Å². The van der Waals surface area contributed by atoms with Gasteiger partial charge in [-0.2, -0.15) is 0 Å². The van der Waals surface area contributed by atoms with Gasteiger partial charge in [-0.25, -0.2) is 0 Å². The second kappa shape index (κ2) is 5.62. The Morgan fingerprint density at radius 2 is 1.42 bits per heavy atom. The molecular formula is C15H11N5OS3. The van der Waals surface area contributed by atoms with Gasteiger partial charge in [0.2, 0.25) is 0 Å². The number of hydrogen-bond acceptors (Lipinski definition) is 5. The molecule has 3 heterocycles. The predicted molar refractivity (Wildman–Crippen MR) is 99.7 cm³/mol. The molecule has 1 unspecified atom stereocenters. The summed E-state index contributed by atoms with van der Waals surface area (Å²) in [5.41, 5.74) is 2.00. The van der Waals surface area contributed by atoms with Crippen LogP contribution in [0.25, 0.3) is 0 Å². The summed E-state index contributed by atoms with van der Waals surface area (Å²) in [4.78, 5) is 24.3. The van der Waals surface area contributed by atoms with E-state index in [0.717, 1.165) is 11.1 Å². The number of nitrogens with one attached hydrogen (secondary N) is 5. The van der Waals surface area contributed by atoms with E-state index in [4.69, 9.17) is 36.7 Å². The summed E-state index contributed by atoms with van der Waals surface area (Å²) in [5, 5.41) is 3.15. The van der Waals surface area contributed by atoms with Gasteiger partial charge in [-0.1, -0.05) is 42.5 Å². The number of H-pyrrole nitrogens is 4. The van der Waals surface area contributed by atoms with Crippen molar-refractivity contribution in [2.24, 2.45) is 0 Å². The van der Waals surface area contributed by atoms with Crippen molar-refractivity contribution in [3.05, 3.63) is 71.6 Å². The van der Waals surface area contributed by atoms with Gasteiger partial charge in [-0.15, -0.1) is 0 Å². The van der Waals surface area contributed by atoms with E-state index in [-0.39, 0.29) is 16.2 Å². The van der Waals surface area contributed by atoms with E-state index in [9.17, 15) is 4.79 Å². The summed E-state index contributed by atoms with van der Waals surface area (Å²) in [6.07, 6.45) is 0. The van der Waals surface area contributed by atoms with Crippen LogP contribution in [0, 0.1) is 14.2 Å². The Morgan fingerprint density at radius 1 is 0.792 bits per heavy atom. The van der Waals surface area contributed by atoms with Crippen LogP contribution in [-0.4, -0.2) is 19.9 Å². The molecule has 0 fully saturated rings. The first-order chi connectivity index (χ1) is 11.5. The minimum Gasteiger partial charge on any atom is -0.327 e. The minimum atomic E-state index is -0.344. The van der Waals surface area contributed by atoms with Crippen LogP contribution in [0.3, 0.4) is 0 Å². The van der Waals surface area contributed by atoms with Crippen LogP contribution < -0.4 is 10.9 Å². The Morgan fingerprint density at radius 3 is 2.12 bits per heavy atom. The Kier molecular flexibility index (Phi) is 3.56. The van der Waals surface area contributed by atoms with Gasteiger partial charge in [0.25, 0.3) is 5.56 Å². The quantitative estimate of drug-likeness (QED) is 0.328. The van der Waals surface area contributed by atoms with Gasteiger partial charge < -0.3 is 20.3 Å². The maximum atomic E-state index is 12.6. The molecule has 1 aliphatic rings. The van der Waals surface area contributed by atoms with Crippen LogP contribution >= 0.6 is 36.7 Å². The Hall–Kier alpha value is -2.36. The predicted octanol–water partition coefficient (Wildman–Crippen LogP) is 3.78. The largest absolute Gasteiger partial charge is 0.327 e. The third-order valence-electron chi connectivity index (χ3n) is 3.92. The van der Waals surface area contributed by atoms with E-state index in [1.807, 2.05) is 30.3 Å². The van der Waals surface area contributed by atoms with E-state index in [1.54, 1.807) is 0 Å². The molecular weight excluding hydrogens is 362 g/mol. The highest BCUT2D eigenvalue weighted by Crippen LogP contribution is 2.41. The molecule has 3 aromatic rings. The van der Waals surface area contributed by atoms with Crippen molar-refractivity contribution in [2.45, 2.75) is 5.92 Å². The Bertz CT molecular complexity index is 1100. The molecule has 1 atom stereocenters. The molecule has 0 aliphatic carbocycles. The van der Waals surface area contributed by atoms with E-state index >= 15 is 0 Å². The van der Waals surface area contributed by atoms with Crippen LogP contribution in [0.2, 0.25) is 0 Å². The van der Waals surface area contributed by atoms with E-state index in [1.165, 1.54) is 0 Å². The van der Waals surface area contributed by atoms with Gasteiger partial charge >= 0.3 is 0 Å². The number of fused-ring (bicyclic) bond motifs is 2. The Balaban J connectivity index is 2.13. The van der Waals surface area contributed by atoms with Crippen molar-refractivity contribution in [3.63, 3.8) is 0 Å². The van der Waals surface area contributed by atoms with Gasteiger partial charge in [0.1, 0.15) is 16.3 Å². The molecule has 6 nitrogen and oxygen atoms in total. The molecule has 0 radical (unpaired) electrons. The molecule has 0 saturated heterocycles. The Labute approximate surface area is 151 Å². The van der Waals surface area contributed by atoms with Crippen molar-refractivity contribution in [2.75, 3.05) is 5.32 Å². The van der Waals surface area contributed by atoms with Gasteiger partial charge in [-0.05, 0) is 30.0 Å². The van der Waals surface area contributed by atoms with Gasteiger partial charge in [0.15, 0.2) is 9.54 Å². The molecule has 120 valence electrons. The monoisotopic (exact) mass is 373 g/mol. The first kappa shape index (κ1) is 15.2. The maximum absolute atomic E-state index is 12.6. The first-order valence-corrected chi connectivity index (χ1v) is 8.32. The summed E-state index contributed by atoms with van der Waals surface area (Å²) in [6.45, 7) is 0. The smallest absolute Gasteiger partial charge is 0.257 e. The fourth-order valence-electron chi connectivity index (χ4n) is 2.99. The molecule has 2 aromatic heterocycles. The third-order valence-corrected chi connectivity index (χ3v) is 4.65. The zero-order valence-corrected chi connectivity index (χ0v) is 14.5. The molecule has 0 saturated carbocycles. The van der Waals surface area contributed by atoms with Crippen LogP contribution in [0.15, 0.2) is 35.1 Å². The standard InChI is InChI=1S/C15H11N5OS3/c21-12-8-7(6-4-2-1-3-5-6)9-11(18-15(24)20-13(9)22)16-10(8)17-14(23)19-12/h1-5,7H,(H5,16,17,18,19,20,21,22,23,24). The number of aromatic amines is 4. The average Bonchev–Trinajstić information content (AvgIpc) is 2.53. The molecule has 1 aromatic carbocycles. The number of anilines is 2. The number of aromatic nitrogens is 4. The van der Waals surface area contributed by atoms with Crippen LogP contribution in [0.4, 0.5) is 11.6 Å². The highest BCUT2D eigenvalue weighted by molar-refractivity contribution is 7.72. The molecule has 0 spiro atoms. The zero-order chi connectivity index (χ0) is 16.8. The van der Waals surface area contributed by atoms with Crippen LogP contribution in [0.5, 0.6) is 0 Å².